The summed E-state index contributed by atoms with van der Waals surface area (Å²) in [6.07, 6.45) is 3.86. The zero-order valence-electron chi connectivity index (χ0n) is 10.1. The molecule has 0 spiro atoms. The van der Waals surface area contributed by atoms with Gasteiger partial charge in [0.05, 0.1) is 18.8 Å². The van der Waals surface area contributed by atoms with Crippen molar-refractivity contribution in [2.24, 2.45) is 0 Å². The van der Waals surface area contributed by atoms with E-state index in [1.165, 1.54) is 0 Å². The number of nitrogens with zero attached hydrogens (tertiary/aromatic N) is 2. The summed E-state index contributed by atoms with van der Waals surface area (Å²) in [7, 11) is 1.69. The van der Waals surface area contributed by atoms with Crippen molar-refractivity contribution in [3.8, 4) is 11.1 Å². The fraction of sp³-hybridized carbons (Fsp3) is 0.308. The number of ether oxygens (including phenoxy) is 1. The van der Waals surface area contributed by atoms with Crippen LogP contribution >= 0.6 is 0 Å². The highest BCUT2D eigenvalue weighted by Gasteiger charge is 2.07. The van der Waals surface area contributed by atoms with Gasteiger partial charge in [-0.15, -0.1) is 0 Å². The molecule has 1 atom stereocenters. The lowest BCUT2D eigenvalue weighted by Crippen LogP contribution is -2.11. The number of benzene rings is 1. The number of nitrogen functional groups attached to an aromatic ring is 1. The first-order chi connectivity index (χ1) is 8.20. The maximum Gasteiger partial charge on any atom is 0.0724 e. The lowest BCUT2D eigenvalue weighted by molar-refractivity contribution is 0.157. The zero-order chi connectivity index (χ0) is 12.3. The minimum atomic E-state index is 0.231. The number of nitrogens with two attached hydrogens (primary N) is 1. The molecule has 0 saturated heterocycles. The fourth-order valence-corrected chi connectivity index (χ4v) is 1.76. The summed E-state index contributed by atoms with van der Waals surface area (Å²) in [4.78, 5) is 0. The van der Waals surface area contributed by atoms with E-state index in [4.69, 9.17) is 10.5 Å². The third-order valence-corrected chi connectivity index (χ3v) is 2.68. The van der Waals surface area contributed by atoms with Crippen LogP contribution in [0.4, 0.5) is 5.69 Å². The predicted octanol–water partition coefficient (Wildman–Crippen LogP) is 2.34. The number of hydrogen-bond acceptors (Lipinski definition) is 3. The second-order valence-corrected chi connectivity index (χ2v) is 4.14. The molecular weight excluding hydrogens is 214 g/mol. The smallest absolute Gasteiger partial charge is 0.0724 e. The Bertz CT molecular complexity index is 493. The van der Waals surface area contributed by atoms with Crippen LogP contribution in [0.15, 0.2) is 36.7 Å². The summed E-state index contributed by atoms with van der Waals surface area (Å²) in [6, 6.07) is 8.03. The van der Waals surface area contributed by atoms with Gasteiger partial charge in [0.25, 0.3) is 0 Å². The number of rotatable bonds is 4. The number of aromatic nitrogens is 2. The van der Waals surface area contributed by atoms with Crippen molar-refractivity contribution in [2.75, 3.05) is 19.5 Å². The van der Waals surface area contributed by atoms with Crippen molar-refractivity contribution in [3.63, 3.8) is 0 Å². The van der Waals surface area contributed by atoms with E-state index in [-0.39, 0.29) is 6.04 Å². The Morgan fingerprint density at radius 1 is 1.41 bits per heavy atom. The molecule has 0 aliphatic heterocycles. The van der Waals surface area contributed by atoms with Crippen molar-refractivity contribution < 1.29 is 4.74 Å². The van der Waals surface area contributed by atoms with E-state index in [9.17, 15) is 0 Å². The van der Waals surface area contributed by atoms with Crippen molar-refractivity contribution in [3.05, 3.63) is 36.7 Å². The molecule has 2 N–H and O–H groups in total. The van der Waals surface area contributed by atoms with Crippen molar-refractivity contribution in [1.82, 2.24) is 9.78 Å². The summed E-state index contributed by atoms with van der Waals surface area (Å²) >= 11 is 0. The molecule has 0 amide bonds. The highest BCUT2D eigenvalue weighted by Crippen LogP contribution is 2.21. The molecule has 0 fully saturated rings. The highest BCUT2D eigenvalue weighted by molar-refractivity contribution is 5.65. The number of methoxy groups -OCH3 is 1. The molecule has 0 bridgehead atoms. The quantitative estimate of drug-likeness (QED) is 0.822. The Kier molecular flexibility index (Phi) is 3.44. The molecule has 90 valence electrons. The Morgan fingerprint density at radius 2 is 2.24 bits per heavy atom. The lowest BCUT2D eigenvalue weighted by atomic mass is 10.1. The average Bonchev–Trinajstić information content (AvgIpc) is 2.78. The fourth-order valence-electron chi connectivity index (χ4n) is 1.76. The van der Waals surface area contributed by atoms with E-state index < -0.39 is 0 Å². The van der Waals surface area contributed by atoms with Gasteiger partial charge in [0, 0.05) is 24.6 Å². The Balaban J connectivity index is 2.23. The molecule has 4 heteroatoms. The Morgan fingerprint density at radius 3 is 2.94 bits per heavy atom. The lowest BCUT2D eigenvalue weighted by Gasteiger charge is -2.09. The van der Waals surface area contributed by atoms with Crippen LogP contribution in [0.5, 0.6) is 0 Å². The maximum atomic E-state index is 5.76. The van der Waals surface area contributed by atoms with Crippen LogP contribution in [-0.4, -0.2) is 23.5 Å². The topological polar surface area (TPSA) is 53.1 Å². The van der Waals surface area contributed by atoms with Gasteiger partial charge in [0.15, 0.2) is 0 Å². The minimum absolute atomic E-state index is 0.231. The van der Waals surface area contributed by atoms with Gasteiger partial charge in [-0.3, -0.25) is 4.68 Å². The van der Waals surface area contributed by atoms with Gasteiger partial charge >= 0.3 is 0 Å². The van der Waals surface area contributed by atoms with E-state index >= 15 is 0 Å². The van der Waals surface area contributed by atoms with E-state index in [2.05, 4.69) is 12.0 Å². The molecule has 1 unspecified atom stereocenters. The largest absolute Gasteiger partial charge is 0.399 e. The molecule has 1 aromatic carbocycles. The van der Waals surface area contributed by atoms with Crippen LogP contribution in [0.1, 0.15) is 13.0 Å². The van der Waals surface area contributed by atoms with E-state index in [0.29, 0.717) is 6.61 Å². The standard InChI is InChI=1S/C13H17N3O/c1-10(9-17-2)16-8-12(7-15-16)11-4-3-5-13(14)6-11/h3-8,10H,9,14H2,1-2H3. The first-order valence-corrected chi connectivity index (χ1v) is 5.59. The second-order valence-electron chi connectivity index (χ2n) is 4.14. The molecule has 0 aliphatic rings. The maximum absolute atomic E-state index is 5.76. The van der Waals surface area contributed by atoms with Crippen molar-refractivity contribution in [2.45, 2.75) is 13.0 Å². The summed E-state index contributed by atoms with van der Waals surface area (Å²) in [5.74, 6) is 0. The Labute approximate surface area is 101 Å². The second kappa shape index (κ2) is 5.01. The van der Waals surface area contributed by atoms with Crippen LogP contribution < -0.4 is 5.73 Å². The first kappa shape index (κ1) is 11.7. The average molecular weight is 231 g/mol. The molecule has 1 aromatic heterocycles. The SMILES string of the molecule is COCC(C)n1cc(-c2cccc(N)c2)cn1. The van der Waals surface area contributed by atoms with E-state index in [0.717, 1.165) is 16.8 Å². The van der Waals surface area contributed by atoms with Gasteiger partial charge in [-0.2, -0.15) is 5.10 Å². The van der Waals surface area contributed by atoms with Gasteiger partial charge in [-0.05, 0) is 24.6 Å². The predicted molar refractivity (Wildman–Crippen MR) is 68.7 cm³/mol. The summed E-state index contributed by atoms with van der Waals surface area (Å²) < 4.78 is 7.02. The molecule has 17 heavy (non-hydrogen) atoms. The van der Waals surface area contributed by atoms with E-state index in [1.807, 2.05) is 41.3 Å². The molecular formula is C13H17N3O. The third-order valence-electron chi connectivity index (χ3n) is 2.68. The van der Waals surface area contributed by atoms with Crippen LogP contribution in [0.3, 0.4) is 0 Å². The molecule has 2 aromatic rings. The molecule has 4 nitrogen and oxygen atoms in total. The van der Waals surface area contributed by atoms with Gasteiger partial charge in [-0.25, -0.2) is 0 Å². The molecule has 0 aliphatic carbocycles. The van der Waals surface area contributed by atoms with Crippen LogP contribution in [0, 0.1) is 0 Å². The molecule has 2 rings (SSSR count). The summed E-state index contributed by atoms with van der Waals surface area (Å²) in [5.41, 5.74) is 8.68. The molecule has 1 heterocycles. The minimum Gasteiger partial charge on any atom is -0.399 e. The first-order valence-electron chi connectivity index (χ1n) is 5.59. The monoisotopic (exact) mass is 231 g/mol. The molecule has 0 radical (unpaired) electrons. The van der Waals surface area contributed by atoms with Gasteiger partial charge in [0.2, 0.25) is 0 Å². The number of hydrogen-bond donors (Lipinski definition) is 1. The van der Waals surface area contributed by atoms with Gasteiger partial charge in [-0.1, -0.05) is 12.1 Å². The van der Waals surface area contributed by atoms with Crippen molar-refractivity contribution in [1.29, 1.82) is 0 Å². The van der Waals surface area contributed by atoms with Crippen LogP contribution in [0.25, 0.3) is 11.1 Å². The normalized spacial score (nSPS) is 12.6. The molecule has 0 saturated carbocycles. The Hall–Kier alpha value is -1.81. The van der Waals surface area contributed by atoms with Gasteiger partial charge < -0.3 is 10.5 Å². The zero-order valence-corrected chi connectivity index (χ0v) is 10.1. The highest BCUT2D eigenvalue weighted by atomic mass is 16.5. The van der Waals surface area contributed by atoms with Gasteiger partial charge in [0.1, 0.15) is 0 Å². The van der Waals surface area contributed by atoms with E-state index in [1.54, 1.807) is 7.11 Å². The number of anilines is 1. The third kappa shape index (κ3) is 2.65. The summed E-state index contributed by atoms with van der Waals surface area (Å²) in [5, 5.41) is 4.34. The van der Waals surface area contributed by atoms with Crippen LogP contribution in [-0.2, 0) is 4.74 Å². The summed E-state index contributed by atoms with van der Waals surface area (Å²) in [6.45, 7) is 2.72. The van der Waals surface area contributed by atoms with Crippen molar-refractivity contribution >= 4 is 5.69 Å². The van der Waals surface area contributed by atoms with Crippen LogP contribution in [0.2, 0.25) is 0 Å².